The van der Waals surface area contributed by atoms with Gasteiger partial charge in [-0.05, 0) is 57.2 Å². The molecule has 2 aromatic rings. The molecule has 27 heavy (non-hydrogen) atoms. The van der Waals surface area contributed by atoms with Crippen LogP contribution in [0.15, 0.2) is 36.4 Å². The smallest absolute Gasteiger partial charge is 0.414 e. The summed E-state index contributed by atoms with van der Waals surface area (Å²) in [5.41, 5.74) is 4.09. The van der Waals surface area contributed by atoms with Crippen LogP contribution in [-0.4, -0.2) is 23.2 Å². The molecule has 1 aromatic carbocycles. The molecular formula is C22H29N3O2. The molecule has 144 valence electrons. The Balaban J connectivity index is 1.86. The van der Waals surface area contributed by atoms with Gasteiger partial charge in [0.15, 0.2) is 0 Å². The van der Waals surface area contributed by atoms with E-state index in [0.717, 1.165) is 48.6 Å². The van der Waals surface area contributed by atoms with Gasteiger partial charge < -0.3 is 10.1 Å². The molecule has 0 bridgehead atoms. The normalized spacial score (nSPS) is 16.2. The van der Waals surface area contributed by atoms with Gasteiger partial charge in [0, 0.05) is 12.6 Å². The molecule has 1 unspecified atom stereocenters. The molecule has 1 aliphatic heterocycles. The van der Waals surface area contributed by atoms with Gasteiger partial charge in [0.1, 0.15) is 5.82 Å². The van der Waals surface area contributed by atoms with E-state index in [9.17, 15) is 4.79 Å². The predicted molar refractivity (Wildman–Crippen MR) is 109 cm³/mol. The molecule has 1 aliphatic rings. The Morgan fingerprint density at radius 2 is 2.07 bits per heavy atom. The molecule has 0 saturated carbocycles. The molecule has 1 aromatic heterocycles. The minimum atomic E-state index is -0.274. The van der Waals surface area contributed by atoms with Crippen molar-refractivity contribution in [1.82, 2.24) is 4.98 Å². The van der Waals surface area contributed by atoms with Crippen LogP contribution in [0, 0.1) is 6.92 Å². The lowest BCUT2D eigenvalue weighted by Gasteiger charge is -2.36. The Morgan fingerprint density at radius 3 is 2.74 bits per heavy atom. The Morgan fingerprint density at radius 1 is 1.33 bits per heavy atom. The average molecular weight is 367 g/mol. The van der Waals surface area contributed by atoms with Crippen LogP contribution in [0.25, 0.3) is 0 Å². The van der Waals surface area contributed by atoms with Crippen LogP contribution in [0.2, 0.25) is 0 Å². The zero-order valence-corrected chi connectivity index (χ0v) is 16.7. The number of ether oxygens (including phenoxy) is 1. The molecule has 0 radical (unpaired) electrons. The molecule has 5 heteroatoms. The van der Waals surface area contributed by atoms with E-state index in [0.29, 0.717) is 0 Å². The SMILES string of the molecule is CCC1CCc2nc(NCc3ccccc3)c(C)cc2N1C(=O)OC(C)C. The van der Waals surface area contributed by atoms with Gasteiger partial charge in [0.25, 0.3) is 0 Å². The molecule has 0 saturated heterocycles. The van der Waals surface area contributed by atoms with Crippen molar-refractivity contribution >= 4 is 17.6 Å². The molecule has 1 atom stereocenters. The summed E-state index contributed by atoms with van der Waals surface area (Å²) >= 11 is 0. The number of carbonyl (C=O) groups excluding carboxylic acids is 1. The third-order valence-corrected chi connectivity index (χ3v) is 4.92. The number of hydrogen-bond acceptors (Lipinski definition) is 4. The number of amides is 1. The van der Waals surface area contributed by atoms with Gasteiger partial charge >= 0.3 is 6.09 Å². The number of benzene rings is 1. The summed E-state index contributed by atoms with van der Waals surface area (Å²) in [5, 5.41) is 3.44. The number of carbonyl (C=O) groups is 1. The van der Waals surface area contributed by atoms with Crippen LogP contribution in [0.5, 0.6) is 0 Å². The number of nitrogens with one attached hydrogen (secondary N) is 1. The highest BCUT2D eigenvalue weighted by atomic mass is 16.6. The van der Waals surface area contributed by atoms with E-state index in [-0.39, 0.29) is 18.2 Å². The van der Waals surface area contributed by atoms with Crippen molar-refractivity contribution in [3.05, 3.63) is 53.2 Å². The Kier molecular flexibility index (Phi) is 5.99. The Hall–Kier alpha value is -2.56. The summed E-state index contributed by atoms with van der Waals surface area (Å²) in [7, 11) is 0. The highest BCUT2D eigenvalue weighted by Gasteiger charge is 2.33. The number of fused-ring (bicyclic) bond motifs is 1. The minimum Gasteiger partial charge on any atom is -0.446 e. The highest BCUT2D eigenvalue weighted by Crippen LogP contribution is 2.34. The zero-order chi connectivity index (χ0) is 19.4. The van der Waals surface area contributed by atoms with E-state index in [4.69, 9.17) is 9.72 Å². The van der Waals surface area contributed by atoms with E-state index >= 15 is 0 Å². The molecular weight excluding hydrogens is 338 g/mol. The second kappa shape index (κ2) is 8.42. The van der Waals surface area contributed by atoms with Crippen molar-refractivity contribution in [2.75, 3.05) is 10.2 Å². The molecule has 0 aliphatic carbocycles. The first-order chi connectivity index (χ1) is 13.0. The van der Waals surface area contributed by atoms with Gasteiger partial charge in [-0.3, -0.25) is 4.90 Å². The number of pyridine rings is 1. The third kappa shape index (κ3) is 4.41. The van der Waals surface area contributed by atoms with Gasteiger partial charge in [-0.2, -0.15) is 0 Å². The van der Waals surface area contributed by atoms with Gasteiger partial charge in [-0.25, -0.2) is 9.78 Å². The van der Waals surface area contributed by atoms with Crippen LogP contribution < -0.4 is 10.2 Å². The van der Waals surface area contributed by atoms with Crippen molar-refractivity contribution in [2.45, 2.75) is 65.6 Å². The van der Waals surface area contributed by atoms with Crippen molar-refractivity contribution in [3.63, 3.8) is 0 Å². The summed E-state index contributed by atoms with van der Waals surface area (Å²) in [6.07, 6.45) is 2.27. The lowest BCUT2D eigenvalue weighted by molar-refractivity contribution is 0.119. The first kappa shape index (κ1) is 19.2. The standard InChI is InChI=1S/C22H29N3O2/c1-5-18-11-12-19-20(25(18)22(26)27-15(2)3)13-16(4)21(24-19)23-14-17-9-7-6-8-10-17/h6-10,13,15,18H,5,11-12,14H2,1-4H3,(H,23,24). The van der Waals surface area contributed by atoms with E-state index in [1.54, 1.807) is 4.90 Å². The second-order valence-electron chi connectivity index (χ2n) is 7.36. The van der Waals surface area contributed by atoms with Gasteiger partial charge in [0.05, 0.1) is 17.5 Å². The summed E-state index contributed by atoms with van der Waals surface area (Å²) in [6, 6.07) is 12.5. The first-order valence-electron chi connectivity index (χ1n) is 9.77. The maximum atomic E-state index is 12.7. The van der Waals surface area contributed by atoms with Crippen molar-refractivity contribution in [3.8, 4) is 0 Å². The molecule has 3 rings (SSSR count). The molecule has 0 fully saturated rings. The molecule has 2 heterocycles. The van der Waals surface area contributed by atoms with Crippen LogP contribution in [0.4, 0.5) is 16.3 Å². The highest BCUT2D eigenvalue weighted by molar-refractivity contribution is 5.90. The number of aromatic nitrogens is 1. The lowest BCUT2D eigenvalue weighted by Crippen LogP contribution is -2.45. The quantitative estimate of drug-likeness (QED) is 0.801. The Labute approximate surface area is 161 Å². The maximum Gasteiger partial charge on any atom is 0.414 e. The monoisotopic (exact) mass is 367 g/mol. The summed E-state index contributed by atoms with van der Waals surface area (Å²) in [5.74, 6) is 0.879. The minimum absolute atomic E-state index is 0.138. The van der Waals surface area contributed by atoms with Crippen LogP contribution >= 0.6 is 0 Å². The Bertz CT molecular complexity index is 790. The van der Waals surface area contributed by atoms with E-state index in [2.05, 4.69) is 30.4 Å². The lowest BCUT2D eigenvalue weighted by atomic mass is 9.97. The molecule has 0 spiro atoms. The summed E-state index contributed by atoms with van der Waals surface area (Å²) in [4.78, 5) is 19.4. The van der Waals surface area contributed by atoms with Crippen LogP contribution in [0.3, 0.4) is 0 Å². The first-order valence-corrected chi connectivity index (χ1v) is 9.77. The van der Waals surface area contributed by atoms with Gasteiger partial charge in [-0.15, -0.1) is 0 Å². The van der Waals surface area contributed by atoms with Gasteiger partial charge in [0.2, 0.25) is 0 Å². The number of aryl methyl sites for hydroxylation is 2. The fourth-order valence-electron chi connectivity index (χ4n) is 3.51. The zero-order valence-electron chi connectivity index (χ0n) is 16.7. The number of hydrogen-bond donors (Lipinski definition) is 1. The van der Waals surface area contributed by atoms with Crippen molar-refractivity contribution in [2.24, 2.45) is 0 Å². The van der Waals surface area contributed by atoms with Crippen LogP contribution in [-0.2, 0) is 17.7 Å². The third-order valence-electron chi connectivity index (χ3n) is 4.92. The number of anilines is 2. The molecule has 1 N–H and O–H groups in total. The van der Waals surface area contributed by atoms with Crippen LogP contribution in [0.1, 0.15) is 50.4 Å². The topological polar surface area (TPSA) is 54.5 Å². The predicted octanol–water partition coefficient (Wildman–Crippen LogP) is 5.08. The number of rotatable bonds is 5. The van der Waals surface area contributed by atoms with E-state index < -0.39 is 0 Å². The molecule has 5 nitrogen and oxygen atoms in total. The van der Waals surface area contributed by atoms with Crippen molar-refractivity contribution in [1.29, 1.82) is 0 Å². The fraction of sp³-hybridized carbons (Fsp3) is 0.455. The fourth-order valence-corrected chi connectivity index (χ4v) is 3.51. The van der Waals surface area contributed by atoms with Gasteiger partial charge in [-0.1, -0.05) is 37.3 Å². The van der Waals surface area contributed by atoms with Crippen molar-refractivity contribution < 1.29 is 9.53 Å². The van der Waals surface area contributed by atoms with E-state index in [1.165, 1.54) is 5.56 Å². The average Bonchev–Trinajstić information content (AvgIpc) is 2.65. The second-order valence-corrected chi connectivity index (χ2v) is 7.36. The maximum absolute atomic E-state index is 12.7. The summed E-state index contributed by atoms with van der Waals surface area (Å²) in [6.45, 7) is 8.63. The number of nitrogens with zero attached hydrogens (tertiary/aromatic N) is 2. The largest absolute Gasteiger partial charge is 0.446 e. The molecule has 1 amide bonds. The van der Waals surface area contributed by atoms with E-state index in [1.807, 2.05) is 39.0 Å². The summed E-state index contributed by atoms with van der Waals surface area (Å²) < 4.78 is 5.50.